The summed E-state index contributed by atoms with van der Waals surface area (Å²) in [6.07, 6.45) is 0.986. The molecule has 1 atom stereocenters. The van der Waals surface area contributed by atoms with Gasteiger partial charge >= 0.3 is 0 Å². The number of hydrogen-bond acceptors (Lipinski definition) is 3. The summed E-state index contributed by atoms with van der Waals surface area (Å²) in [7, 11) is 0. The third kappa shape index (κ3) is 3.23. The fraction of sp³-hybridized carbons (Fsp3) is 0.500. The zero-order valence-electron chi connectivity index (χ0n) is 8.88. The third-order valence-corrected chi connectivity index (χ3v) is 2.79. The molecule has 0 fully saturated rings. The first-order valence-electron chi connectivity index (χ1n) is 4.60. The van der Waals surface area contributed by atoms with E-state index in [0.29, 0.717) is 15.9 Å². The summed E-state index contributed by atoms with van der Waals surface area (Å²) in [5.41, 5.74) is -0.496. The molecule has 84 valence electrons. The third-order valence-electron chi connectivity index (χ3n) is 2.29. The lowest BCUT2D eigenvalue weighted by Gasteiger charge is -2.30. The number of aromatic nitrogens is 1. The van der Waals surface area contributed by atoms with Gasteiger partial charge in [0.05, 0.1) is 21.7 Å². The van der Waals surface area contributed by atoms with Crippen LogP contribution in [-0.2, 0) is 0 Å². The van der Waals surface area contributed by atoms with E-state index in [1.54, 1.807) is 13.0 Å². The highest BCUT2D eigenvalue weighted by Gasteiger charge is 2.24. The van der Waals surface area contributed by atoms with Crippen LogP contribution in [0, 0.1) is 0 Å². The van der Waals surface area contributed by atoms with Gasteiger partial charge < -0.3 is 10.4 Å². The summed E-state index contributed by atoms with van der Waals surface area (Å²) in [6.45, 7) is 5.44. The second-order valence-corrected chi connectivity index (χ2v) is 4.85. The summed E-state index contributed by atoms with van der Waals surface area (Å²) in [4.78, 5) is 4.06. The molecule has 1 aromatic rings. The standard InChI is InChI=1S/C10H14Cl2N2O/c1-6(15)10(2,3)14-9-8(12)4-7(11)5-13-9/h4-6,15H,1-3H3,(H,13,14). The van der Waals surface area contributed by atoms with E-state index in [2.05, 4.69) is 10.3 Å². The van der Waals surface area contributed by atoms with Crippen LogP contribution in [0.2, 0.25) is 10.0 Å². The molecule has 1 aromatic heterocycles. The van der Waals surface area contributed by atoms with Gasteiger partial charge in [0.1, 0.15) is 5.82 Å². The van der Waals surface area contributed by atoms with Crippen molar-refractivity contribution in [3.8, 4) is 0 Å². The lowest BCUT2D eigenvalue weighted by Crippen LogP contribution is -2.42. The van der Waals surface area contributed by atoms with E-state index < -0.39 is 11.6 Å². The predicted octanol–water partition coefficient (Wildman–Crippen LogP) is 2.96. The second kappa shape index (κ2) is 4.56. The molecule has 0 saturated heterocycles. The van der Waals surface area contributed by atoms with Crippen LogP contribution in [-0.4, -0.2) is 21.7 Å². The lowest BCUT2D eigenvalue weighted by atomic mass is 9.99. The van der Waals surface area contributed by atoms with Crippen molar-refractivity contribution in [2.45, 2.75) is 32.4 Å². The molecule has 5 heteroatoms. The molecule has 0 saturated carbocycles. The number of halogens is 2. The predicted molar refractivity (Wildman–Crippen MR) is 63.6 cm³/mol. The maximum Gasteiger partial charge on any atom is 0.145 e. The highest BCUT2D eigenvalue weighted by atomic mass is 35.5. The maximum absolute atomic E-state index is 9.53. The van der Waals surface area contributed by atoms with E-state index in [1.165, 1.54) is 6.20 Å². The first kappa shape index (κ1) is 12.6. The molecule has 2 N–H and O–H groups in total. The van der Waals surface area contributed by atoms with Gasteiger partial charge in [-0.1, -0.05) is 23.2 Å². The fourth-order valence-corrected chi connectivity index (χ4v) is 1.34. The molecule has 0 bridgehead atoms. The first-order valence-corrected chi connectivity index (χ1v) is 5.36. The number of aliphatic hydroxyl groups excluding tert-OH is 1. The van der Waals surface area contributed by atoms with Crippen molar-refractivity contribution < 1.29 is 5.11 Å². The summed E-state index contributed by atoms with van der Waals surface area (Å²) < 4.78 is 0. The zero-order chi connectivity index (χ0) is 11.6. The molecular weight excluding hydrogens is 235 g/mol. The van der Waals surface area contributed by atoms with E-state index >= 15 is 0 Å². The molecule has 3 nitrogen and oxygen atoms in total. The van der Waals surface area contributed by atoms with Crippen LogP contribution in [0.3, 0.4) is 0 Å². The Morgan fingerprint density at radius 2 is 2.07 bits per heavy atom. The highest BCUT2D eigenvalue weighted by Crippen LogP contribution is 2.26. The number of nitrogens with zero attached hydrogens (tertiary/aromatic N) is 1. The average molecular weight is 249 g/mol. The van der Waals surface area contributed by atoms with Crippen LogP contribution in [0.25, 0.3) is 0 Å². The van der Waals surface area contributed by atoms with Crippen molar-refractivity contribution in [1.82, 2.24) is 4.98 Å². The molecule has 0 aromatic carbocycles. The van der Waals surface area contributed by atoms with Crippen LogP contribution >= 0.6 is 23.2 Å². The van der Waals surface area contributed by atoms with Crippen LogP contribution in [0.4, 0.5) is 5.82 Å². The fourth-order valence-electron chi connectivity index (χ4n) is 0.916. The number of aliphatic hydroxyl groups is 1. The number of nitrogens with one attached hydrogen (secondary N) is 1. The molecule has 0 aliphatic rings. The molecule has 1 rings (SSSR count). The summed E-state index contributed by atoms with van der Waals surface area (Å²) in [5.74, 6) is 0.520. The molecular formula is C10H14Cl2N2O. The van der Waals surface area contributed by atoms with Crippen molar-refractivity contribution in [2.24, 2.45) is 0 Å². The van der Waals surface area contributed by atoms with E-state index in [1.807, 2.05) is 13.8 Å². The Kier molecular flexibility index (Phi) is 3.82. The van der Waals surface area contributed by atoms with E-state index in [9.17, 15) is 5.11 Å². The molecule has 1 heterocycles. The topological polar surface area (TPSA) is 45.1 Å². The minimum atomic E-state index is -0.522. The summed E-state index contributed by atoms with van der Waals surface area (Å²) in [6, 6.07) is 1.61. The Balaban J connectivity index is 2.90. The van der Waals surface area contributed by atoms with Crippen molar-refractivity contribution in [2.75, 3.05) is 5.32 Å². The molecule has 0 spiro atoms. The Bertz CT molecular complexity index is 353. The minimum Gasteiger partial charge on any atom is -0.391 e. The van der Waals surface area contributed by atoms with Gasteiger partial charge in [-0.05, 0) is 26.8 Å². The van der Waals surface area contributed by atoms with Gasteiger partial charge in [0.15, 0.2) is 0 Å². The molecule has 0 aliphatic heterocycles. The zero-order valence-corrected chi connectivity index (χ0v) is 10.4. The number of rotatable bonds is 3. The molecule has 0 amide bonds. The molecule has 0 aliphatic carbocycles. The monoisotopic (exact) mass is 248 g/mol. The second-order valence-electron chi connectivity index (χ2n) is 4.01. The average Bonchev–Trinajstić information content (AvgIpc) is 2.09. The largest absolute Gasteiger partial charge is 0.391 e. The van der Waals surface area contributed by atoms with Crippen molar-refractivity contribution >= 4 is 29.0 Å². The summed E-state index contributed by atoms with van der Waals surface area (Å²) >= 11 is 11.7. The van der Waals surface area contributed by atoms with Gasteiger partial charge in [-0.15, -0.1) is 0 Å². The van der Waals surface area contributed by atoms with Crippen molar-refractivity contribution in [1.29, 1.82) is 0 Å². The normalized spacial score (nSPS) is 13.7. The molecule has 0 radical (unpaired) electrons. The van der Waals surface area contributed by atoms with Gasteiger partial charge in [0, 0.05) is 6.20 Å². The van der Waals surface area contributed by atoms with Crippen molar-refractivity contribution in [3.05, 3.63) is 22.3 Å². The van der Waals surface area contributed by atoms with Gasteiger partial charge in [0.2, 0.25) is 0 Å². The number of hydrogen-bond donors (Lipinski definition) is 2. The number of pyridine rings is 1. The molecule has 1 unspecified atom stereocenters. The van der Waals surface area contributed by atoms with E-state index in [-0.39, 0.29) is 0 Å². The minimum absolute atomic E-state index is 0.441. The van der Waals surface area contributed by atoms with Gasteiger partial charge in [-0.3, -0.25) is 0 Å². The first-order chi connectivity index (χ1) is 6.83. The summed E-state index contributed by atoms with van der Waals surface area (Å²) in [5, 5.41) is 13.5. The van der Waals surface area contributed by atoms with Crippen LogP contribution in [0.1, 0.15) is 20.8 Å². The van der Waals surface area contributed by atoms with Gasteiger partial charge in [0.25, 0.3) is 0 Å². The van der Waals surface area contributed by atoms with Gasteiger partial charge in [-0.2, -0.15) is 0 Å². The smallest absolute Gasteiger partial charge is 0.145 e. The quantitative estimate of drug-likeness (QED) is 0.865. The maximum atomic E-state index is 9.53. The van der Waals surface area contributed by atoms with Crippen LogP contribution in [0.5, 0.6) is 0 Å². The van der Waals surface area contributed by atoms with Crippen LogP contribution in [0.15, 0.2) is 12.3 Å². The van der Waals surface area contributed by atoms with E-state index in [0.717, 1.165) is 0 Å². The Hall–Kier alpha value is -0.510. The highest BCUT2D eigenvalue weighted by molar-refractivity contribution is 6.35. The Morgan fingerprint density at radius 3 is 2.53 bits per heavy atom. The number of anilines is 1. The van der Waals surface area contributed by atoms with Crippen LogP contribution < -0.4 is 5.32 Å². The Labute approximate surface area is 99.4 Å². The van der Waals surface area contributed by atoms with Gasteiger partial charge in [-0.25, -0.2) is 4.98 Å². The SMILES string of the molecule is CC(O)C(C)(C)Nc1ncc(Cl)cc1Cl. The van der Waals surface area contributed by atoms with E-state index in [4.69, 9.17) is 23.2 Å². The molecule has 15 heavy (non-hydrogen) atoms. The van der Waals surface area contributed by atoms with Crippen molar-refractivity contribution in [3.63, 3.8) is 0 Å². The lowest BCUT2D eigenvalue weighted by molar-refractivity contribution is 0.133. The Morgan fingerprint density at radius 1 is 1.47 bits per heavy atom.